The van der Waals surface area contributed by atoms with E-state index in [1.54, 1.807) is 6.07 Å². The van der Waals surface area contributed by atoms with Gasteiger partial charge in [0, 0.05) is 11.6 Å². The molecule has 3 nitrogen and oxygen atoms in total. The fourth-order valence-corrected chi connectivity index (χ4v) is 3.31. The van der Waals surface area contributed by atoms with E-state index >= 15 is 0 Å². The molecule has 0 aliphatic heterocycles. The summed E-state index contributed by atoms with van der Waals surface area (Å²) in [5.74, 6) is 0.112. The van der Waals surface area contributed by atoms with Crippen molar-refractivity contribution in [1.29, 1.82) is 0 Å². The molecule has 0 saturated carbocycles. The van der Waals surface area contributed by atoms with E-state index in [0.29, 0.717) is 6.04 Å². The molecule has 0 aromatic heterocycles. The Hall–Kier alpha value is -1.22. The summed E-state index contributed by atoms with van der Waals surface area (Å²) in [5.41, 5.74) is 2.16. The van der Waals surface area contributed by atoms with Crippen molar-refractivity contribution in [1.82, 2.24) is 4.90 Å². The van der Waals surface area contributed by atoms with Crippen molar-refractivity contribution in [2.45, 2.75) is 64.8 Å². The lowest BCUT2D eigenvalue weighted by Crippen LogP contribution is -2.40. The first-order valence-electron chi connectivity index (χ1n) is 8.44. The lowest BCUT2D eigenvalue weighted by atomic mass is 9.86. The lowest BCUT2D eigenvalue weighted by molar-refractivity contribution is 0.173. The molecule has 118 valence electrons. The molecule has 0 heterocycles. The van der Waals surface area contributed by atoms with E-state index in [1.807, 2.05) is 6.07 Å². The standard InChI is InChI=1S/C18H29NO2/c1-3-5-11-19(12-6-4-2)15-8-9-16-14(13-15)7-10-17(20)18(16)21/h7,10,15,20-21H,3-6,8-9,11-13H2,1-2H3. The molecule has 1 aliphatic rings. The monoisotopic (exact) mass is 291 g/mol. The Kier molecular flexibility index (Phi) is 5.92. The van der Waals surface area contributed by atoms with Crippen LogP contribution in [-0.2, 0) is 12.8 Å². The Labute approximate surface area is 128 Å². The first-order valence-corrected chi connectivity index (χ1v) is 8.44. The van der Waals surface area contributed by atoms with Crippen molar-refractivity contribution < 1.29 is 10.2 Å². The molecule has 0 bridgehead atoms. The largest absolute Gasteiger partial charge is 0.504 e. The van der Waals surface area contributed by atoms with Crippen LogP contribution in [-0.4, -0.2) is 34.2 Å². The molecule has 21 heavy (non-hydrogen) atoms. The van der Waals surface area contributed by atoms with Gasteiger partial charge in [-0.15, -0.1) is 0 Å². The van der Waals surface area contributed by atoms with Crippen molar-refractivity contribution in [3.8, 4) is 11.5 Å². The second-order valence-electron chi connectivity index (χ2n) is 6.21. The molecule has 0 amide bonds. The van der Waals surface area contributed by atoms with Crippen molar-refractivity contribution in [2.75, 3.05) is 13.1 Å². The number of phenols is 2. The minimum absolute atomic E-state index is 0.0148. The van der Waals surface area contributed by atoms with E-state index in [9.17, 15) is 10.2 Å². The summed E-state index contributed by atoms with van der Waals surface area (Å²) in [6, 6.07) is 4.19. The lowest BCUT2D eigenvalue weighted by Gasteiger charge is -2.35. The maximum Gasteiger partial charge on any atom is 0.160 e. The number of aromatic hydroxyl groups is 2. The Morgan fingerprint density at radius 1 is 1.10 bits per heavy atom. The zero-order chi connectivity index (χ0) is 15.2. The predicted octanol–water partition coefficient (Wildman–Crippen LogP) is 3.86. The van der Waals surface area contributed by atoms with Crippen LogP contribution in [0.5, 0.6) is 11.5 Å². The number of nitrogens with zero attached hydrogens (tertiary/aromatic N) is 1. The molecule has 0 fully saturated rings. The molecule has 0 radical (unpaired) electrons. The van der Waals surface area contributed by atoms with Gasteiger partial charge in [0.05, 0.1) is 0 Å². The third-order valence-electron chi connectivity index (χ3n) is 4.66. The quantitative estimate of drug-likeness (QED) is 0.750. The van der Waals surface area contributed by atoms with Gasteiger partial charge in [0.2, 0.25) is 0 Å². The Balaban J connectivity index is 2.08. The number of hydrogen-bond acceptors (Lipinski definition) is 3. The molecule has 1 unspecified atom stereocenters. The molecular formula is C18H29NO2. The second-order valence-corrected chi connectivity index (χ2v) is 6.21. The number of fused-ring (bicyclic) bond motifs is 1. The van der Waals surface area contributed by atoms with Gasteiger partial charge in [-0.3, -0.25) is 0 Å². The van der Waals surface area contributed by atoms with Gasteiger partial charge in [-0.2, -0.15) is 0 Å². The van der Waals surface area contributed by atoms with Crippen LogP contribution in [0.2, 0.25) is 0 Å². The molecule has 0 spiro atoms. The van der Waals surface area contributed by atoms with Crippen LogP contribution >= 0.6 is 0 Å². The normalized spacial score (nSPS) is 18.0. The summed E-state index contributed by atoms with van der Waals surface area (Å²) < 4.78 is 0. The van der Waals surface area contributed by atoms with E-state index in [-0.39, 0.29) is 11.5 Å². The third kappa shape index (κ3) is 3.91. The molecule has 2 rings (SSSR count). The Bertz CT molecular complexity index is 451. The average molecular weight is 291 g/mol. The van der Waals surface area contributed by atoms with Gasteiger partial charge >= 0.3 is 0 Å². The van der Waals surface area contributed by atoms with E-state index in [0.717, 1.165) is 24.8 Å². The van der Waals surface area contributed by atoms with Gasteiger partial charge < -0.3 is 15.1 Å². The van der Waals surface area contributed by atoms with E-state index in [4.69, 9.17) is 0 Å². The van der Waals surface area contributed by atoms with Crippen molar-refractivity contribution in [3.05, 3.63) is 23.3 Å². The molecule has 1 aromatic rings. The molecule has 2 N–H and O–H groups in total. The maximum atomic E-state index is 9.99. The summed E-state index contributed by atoms with van der Waals surface area (Å²) in [5, 5.41) is 19.6. The van der Waals surface area contributed by atoms with Gasteiger partial charge in [-0.1, -0.05) is 32.8 Å². The summed E-state index contributed by atoms with van der Waals surface area (Å²) in [4.78, 5) is 2.64. The molecule has 1 atom stereocenters. The van der Waals surface area contributed by atoms with Crippen molar-refractivity contribution in [2.24, 2.45) is 0 Å². The van der Waals surface area contributed by atoms with E-state index in [2.05, 4.69) is 18.7 Å². The third-order valence-corrected chi connectivity index (χ3v) is 4.66. The van der Waals surface area contributed by atoms with Crippen LogP contribution in [0, 0.1) is 0 Å². The van der Waals surface area contributed by atoms with Gasteiger partial charge in [-0.25, -0.2) is 0 Å². The molecule has 0 saturated heterocycles. The Morgan fingerprint density at radius 3 is 2.38 bits per heavy atom. The number of rotatable bonds is 7. The highest BCUT2D eigenvalue weighted by Gasteiger charge is 2.26. The highest BCUT2D eigenvalue weighted by atomic mass is 16.3. The summed E-state index contributed by atoms with van der Waals surface area (Å²) in [7, 11) is 0. The van der Waals surface area contributed by atoms with Gasteiger partial charge in [-0.05, 0) is 56.8 Å². The topological polar surface area (TPSA) is 43.7 Å². The van der Waals surface area contributed by atoms with E-state index < -0.39 is 0 Å². The van der Waals surface area contributed by atoms with Crippen LogP contribution < -0.4 is 0 Å². The highest BCUT2D eigenvalue weighted by Crippen LogP contribution is 2.36. The number of phenolic OH excluding ortho intramolecular Hbond substituents is 2. The fraction of sp³-hybridized carbons (Fsp3) is 0.667. The van der Waals surface area contributed by atoms with Gasteiger partial charge in [0.1, 0.15) is 0 Å². The smallest absolute Gasteiger partial charge is 0.160 e. The van der Waals surface area contributed by atoms with Gasteiger partial charge in [0.15, 0.2) is 11.5 Å². The molecular weight excluding hydrogens is 262 g/mol. The predicted molar refractivity (Wildman–Crippen MR) is 87.0 cm³/mol. The van der Waals surface area contributed by atoms with Crippen molar-refractivity contribution in [3.63, 3.8) is 0 Å². The van der Waals surface area contributed by atoms with Crippen LogP contribution in [0.4, 0.5) is 0 Å². The van der Waals surface area contributed by atoms with Crippen LogP contribution in [0.15, 0.2) is 12.1 Å². The second kappa shape index (κ2) is 7.69. The zero-order valence-corrected chi connectivity index (χ0v) is 13.4. The average Bonchev–Trinajstić information content (AvgIpc) is 2.51. The van der Waals surface area contributed by atoms with Crippen molar-refractivity contribution >= 4 is 0 Å². The SMILES string of the molecule is CCCCN(CCCC)C1CCc2c(ccc(O)c2O)C1. The number of benzene rings is 1. The summed E-state index contributed by atoms with van der Waals surface area (Å²) in [6.45, 7) is 6.85. The summed E-state index contributed by atoms with van der Waals surface area (Å²) in [6.07, 6.45) is 7.94. The minimum atomic E-state index is 0.0148. The number of hydrogen-bond donors (Lipinski definition) is 2. The van der Waals surface area contributed by atoms with E-state index in [1.165, 1.54) is 44.3 Å². The van der Waals surface area contributed by atoms with Gasteiger partial charge in [0.25, 0.3) is 0 Å². The van der Waals surface area contributed by atoms with Crippen LogP contribution in [0.25, 0.3) is 0 Å². The Morgan fingerprint density at radius 2 is 1.76 bits per heavy atom. The van der Waals surface area contributed by atoms with Crippen LogP contribution in [0.1, 0.15) is 57.1 Å². The summed E-state index contributed by atoms with van der Waals surface area (Å²) >= 11 is 0. The highest BCUT2D eigenvalue weighted by molar-refractivity contribution is 5.50. The minimum Gasteiger partial charge on any atom is -0.504 e. The zero-order valence-electron chi connectivity index (χ0n) is 13.4. The molecule has 1 aromatic carbocycles. The first-order chi connectivity index (χ1) is 10.2. The maximum absolute atomic E-state index is 9.99. The number of unbranched alkanes of at least 4 members (excludes halogenated alkanes) is 2. The first kappa shape index (κ1) is 16.2. The molecule has 1 aliphatic carbocycles. The molecule has 3 heteroatoms. The fourth-order valence-electron chi connectivity index (χ4n) is 3.31. The van der Waals surface area contributed by atoms with Crippen LogP contribution in [0.3, 0.4) is 0 Å².